The van der Waals surface area contributed by atoms with E-state index in [0.29, 0.717) is 17.2 Å². The van der Waals surface area contributed by atoms with Crippen LogP contribution in [0.15, 0.2) is 36.4 Å². The van der Waals surface area contributed by atoms with Crippen molar-refractivity contribution >= 4 is 34.6 Å². The Morgan fingerprint density at radius 1 is 0.833 bits per heavy atom. The van der Waals surface area contributed by atoms with E-state index >= 15 is 0 Å². The maximum atomic E-state index is 13.5. The molecule has 0 unspecified atom stereocenters. The minimum atomic E-state index is -0.0326. The lowest BCUT2D eigenvalue weighted by Gasteiger charge is -2.26. The number of hydrogen-bond donors (Lipinski definition) is 1. The summed E-state index contributed by atoms with van der Waals surface area (Å²) in [4.78, 5) is 41.7. The lowest BCUT2D eigenvalue weighted by Crippen LogP contribution is -2.33. The van der Waals surface area contributed by atoms with Gasteiger partial charge >= 0.3 is 0 Å². The van der Waals surface area contributed by atoms with Gasteiger partial charge in [0.1, 0.15) is 11.2 Å². The highest BCUT2D eigenvalue weighted by molar-refractivity contribution is 5.95. The SMILES string of the molecule is C.CCCCN(CCCC)C(=O)c1ccc2nc(Nc3ccc(C(=O)N(C)C)cc3)n(CCCN3CCCCC3)c2n1. The average molecular weight is 578 g/mol. The van der Waals surface area contributed by atoms with E-state index in [2.05, 4.69) is 28.6 Å². The summed E-state index contributed by atoms with van der Waals surface area (Å²) >= 11 is 0. The molecule has 1 aliphatic rings. The number of benzene rings is 1. The number of fused-ring (bicyclic) bond motifs is 1. The first-order chi connectivity index (χ1) is 19.9. The molecule has 9 nitrogen and oxygen atoms in total. The normalized spacial score (nSPS) is 13.5. The highest BCUT2D eigenvalue weighted by atomic mass is 16.2. The van der Waals surface area contributed by atoms with Crippen molar-refractivity contribution in [3.63, 3.8) is 0 Å². The molecule has 1 aromatic carbocycles. The number of imidazole rings is 1. The number of piperidine rings is 1. The van der Waals surface area contributed by atoms with Crippen LogP contribution in [-0.2, 0) is 6.54 Å². The minimum absolute atomic E-state index is 0. The number of carbonyl (C=O) groups excluding carboxylic acids is 2. The molecule has 4 rings (SSSR count). The Hall–Kier alpha value is -3.46. The van der Waals surface area contributed by atoms with Gasteiger partial charge in [0, 0.05) is 45.0 Å². The number of unbranched alkanes of at least 4 members (excludes halogenated alkanes) is 2. The summed E-state index contributed by atoms with van der Waals surface area (Å²) in [5.41, 5.74) is 3.43. The maximum Gasteiger partial charge on any atom is 0.272 e. The molecule has 0 radical (unpaired) electrons. The van der Waals surface area contributed by atoms with Gasteiger partial charge in [0.05, 0.1) is 0 Å². The van der Waals surface area contributed by atoms with E-state index in [1.54, 1.807) is 19.0 Å². The fraction of sp³-hybridized carbons (Fsp3) is 0.576. The number of aryl methyl sites for hydroxylation is 1. The fourth-order valence-electron chi connectivity index (χ4n) is 5.32. The standard InChI is InChI=1S/C32H47N7O2.CH4/c1-5-7-22-38(23-8-6-2)31(41)28-18-17-27-29(34-28)39(24-12-21-37-19-10-9-11-20-37)32(35-27)33-26-15-13-25(14-16-26)30(40)36(3)4;/h13-18H,5-12,19-24H2,1-4H3,(H,33,35);1H4. The molecule has 1 aliphatic heterocycles. The molecule has 2 amide bonds. The average Bonchev–Trinajstić information content (AvgIpc) is 3.33. The van der Waals surface area contributed by atoms with Crippen LogP contribution < -0.4 is 5.32 Å². The number of amides is 2. The van der Waals surface area contributed by atoms with Crippen molar-refractivity contribution in [2.45, 2.75) is 79.2 Å². The largest absolute Gasteiger partial charge is 0.345 e. The van der Waals surface area contributed by atoms with Crippen molar-refractivity contribution < 1.29 is 9.59 Å². The summed E-state index contributed by atoms with van der Waals surface area (Å²) < 4.78 is 2.11. The molecule has 1 fully saturated rings. The van der Waals surface area contributed by atoms with Crippen molar-refractivity contribution in [1.82, 2.24) is 29.2 Å². The first-order valence-corrected chi connectivity index (χ1v) is 15.4. The molecule has 2 aromatic heterocycles. The second kappa shape index (κ2) is 16.2. The monoisotopic (exact) mass is 577 g/mol. The van der Waals surface area contributed by atoms with Crippen molar-refractivity contribution in [3.8, 4) is 0 Å². The van der Waals surface area contributed by atoms with Gasteiger partial charge in [0.15, 0.2) is 5.65 Å². The number of nitrogens with zero attached hydrogens (tertiary/aromatic N) is 6. The van der Waals surface area contributed by atoms with Gasteiger partial charge in [-0.1, -0.05) is 40.5 Å². The number of carbonyl (C=O) groups is 2. The third kappa shape index (κ3) is 8.53. The van der Waals surface area contributed by atoms with Gasteiger partial charge in [0.25, 0.3) is 11.8 Å². The van der Waals surface area contributed by atoms with Gasteiger partial charge < -0.3 is 20.0 Å². The van der Waals surface area contributed by atoms with Crippen LogP contribution >= 0.6 is 0 Å². The summed E-state index contributed by atoms with van der Waals surface area (Å²) in [5.74, 6) is 0.650. The van der Waals surface area contributed by atoms with E-state index in [0.717, 1.165) is 88.2 Å². The molecule has 0 bridgehead atoms. The van der Waals surface area contributed by atoms with Gasteiger partial charge in [-0.05, 0) is 88.1 Å². The van der Waals surface area contributed by atoms with Crippen molar-refractivity contribution in [1.29, 1.82) is 0 Å². The van der Waals surface area contributed by atoms with E-state index in [9.17, 15) is 9.59 Å². The molecule has 0 saturated carbocycles. The molecule has 230 valence electrons. The number of anilines is 2. The quantitative estimate of drug-likeness (QED) is 0.238. The Balaban J connectivity index is 0.00000484. The third-order valence-corrected chi connectivity index (χ3v) is 7.76. The molecular weight excluding hydrogens is 526 g/mol. The van der Waals surface area contributed by atoms with E-state index in [4.69, 9.17) is 9.97 Å². The van der Waals surface area contributed by atoms with E-state index < -0.39 is 0 Å². The summed E-state index contributed by atoms with van der Waals surface area (Å²) in [6.07, 6.45) is 8.90. The summed E-state index contributed by atoms with van der Waals surface area (Å²) in [7, 11) is 3.50. The Morgan fingerprint density at radius 3 is 2.12 bits per heavy atom. The summed E-state index contributed by atoms with van der Waals surface area (Å²) in [5, 5.41) is 3.45. The second-order valence-electron chi connectivity index (χ2n) is 11.3. The van der Waals surface area contributed by atoms with Gasteiger partial charge in [-0.3, -0.25) is 14.2 Å². The van der Waals surface area contributed by atoms with Crippen molar-refractivity contribution in [2.24, 2.45) is 0 Å². The number of rotatable bonds is 14. The molecule has 3 heterocycles. The molecule has 0 aliphatic carbocycles. The molecule has 9 heteroatoms. The molecule has 0 spiro atoms. The lowest BCUT2D eigenvalue weighted by molar-refractivity contribution is 0.0745. The highest BCUT2D eigenvalue weighted by Gasteiger charge is 2.20. The van der Waals surface area contributed by atoms with Crippen LogP contribution in [0.25, 0.3) is 11.2 Å². The Morgan fingerprint density at radius 2 is 1.50 bits per heavy atom. The molecular formula is C33H51N7O2. The number of hydrogen-bond acceptors (Lipinski definition) is 6. The first kappa shape index (κ1) is 33.0. The molecule has 1 N–H and O–H groups in total. The van der Waals surface area contributed by atoms with E-state index in [1.807, 2.05) is 41.3 Å². The van der Waals surface area contributed by atoms with E-state index in [1.165, 1.54) is 19.3 Å². The number of aromatic nitrogens is 3. The van der Waals surface area contributed by atoms with Crippen LogP contribution in [0.5, 0.6) is 0 Å². The molecule has 3 aromatic rings. The van der Waals surface area contributed by atoms with Crippen LogP contribution in [0, 0.1) is 0 Å². The molecule has 42 heavy (non-hydrogen) atoms. The van der Waals surface area contributed by atoms with Crippen LogP contribution in [-0.4, -0.2) is 87.9 Å². The smallest absolute Gasteiger partial charge is 0.272 e. The van der Waals surface area contributed by atoms with Gasteiger partial charge in [0.2, 0.25) is 5.95 Å². The fourth-order valence-corrected chi connectivity index (χ4v) is 5.32. The van der Waals surface area contributed by atoms with Gasteiger partial charge in [-0.2, -0.15) is 0 Å². The van der Waals surface area contributed by atoms with Gasteiger partial charge in [-0.25, -0.2) is 9.97 Å². The second-order valence-corrected chi connectivity index (χ2v) is 11.3. The van der Waals surface area contributed by atoms with E-state index in [-0.39, 0.29) is 19.2 Å². The number of nitrogens with one attached hydrogen (secondary N) is 1. The van der Waals surface area contributed by atoms with Crippen LogP contribution in [0.4, 0.5) is 11.6 Å². The van der Waals surface area contributed by atoms with Crippen LogP contribution in [0.1, 0.15) is 93.5 Å². The molecule has 1 saturated heterocycles. The highest BCUT2D eigenvalue weighted by Crippen LogP contribution is 2.24. The number of pyridine rings is 1. The predicted molar refractivity (Wildman–Crippen MR) is 173 cm³/mol. The van der Waals surface area contributed by atoms with Crippen LogP contribution in [0.2, 0.25) is 0 Å². The van der Waals surface area contributed by atoms with Crippen molar-refractivity contribution in [3.05, 3.63) is 47.7 Å². The summed E-state index contributed by atoms with van der Waals surface area (Å²) in [6, 6.07) is 11.2. The lowest BCUT2D eigenvalue weighted by atomic mass is 10.1. The van der Waals surface area contributed by atoms with Gasteiger partial charge in [-0.15, -0.1) is 0 Å². The van der Waals surface area contributed by atoms with Crippen molar-refractivity contribution in [2.75, 3.05) is 52.1 Å². The Labute approximate surface area is 252 Å². The topological polar surface area (TPSA) is 86.6 Å². The maximum absolute atomic E-state index is 13.5. The zero-order valence-corrected chi connectivity index (χ0v) is 25.4. The third-order valence-electron chi connectivity index (χ3n) is 7.76. The zero-order valence-electron chi connectivity index (χ0n) is 25.4. The Kier molecular flexibility index (Phi) is 12.8. The minimum Gasteiger partial charge on any atom is -0.345 e. The molecule has 0 atom stereocenters. The Bertz CT molecular complexity index is 1270. The van der Waals surface area contributed by atoms with Crippen LogP contribution in [0.3, 0.4) is 0 Å². The number of likely N-dealkylation sites (tertiary alicyclic amines) is 1. The first-order valence-electron chi connectivity index (χ1n) is 15.4. The summed E-state index contributed by atoms with van der Waals surface area (Å²) in [6.45, 7) is 9.90. The zero-order chi connectivity index (χ0) is 29.2. The predicted octanol–water partition coefficient (Wildman–Crippen LogP) is 6.43.